The Morgan fingerprint density at radius 3 is 2.44 bits per heavy atom. The zero-order chi connectivity index (χ0) is 24.7. The minimum absolute atomic E-state index is 0.00540. The Balaban J connectivity index is 1.42. The van der Waals surface area contributed by atoms with Crippen molar-refractivity contribution in [3.63, 3.8) is 0 Å². The Hall–Kier alpha value is -0.790. The average molecular weight is 471 g/mol. The van der Waals surface area contributed by atoms with Crippen LogP contribution in [0.25, 0.3) is 0 Å². The van der Waals surface area contributed by atoms with E-state index in [4.69, 9.17) is 4.74 Å². The number of carbonyl (C=O) groups is 1. The molecule has 0 amide bonds. The predicted octanol–water partition coefficient (Wildman–Crippen LogP) is 8.99. The summed E-state index contributed by atoms with van der Waals surface area (Å²) in [7, 11) is 0. The maximum atomic E-state index is 12.3. The smallest absolute Gasteiger partial charge is 0.306 e. The van der Waals surface area contributed by atoms with E-state index < -0.39 is 0 Å². The Labute approximate surface area is 211 Å². The number of hydrogen-bond acceptors (Lipinski definition) is 2. The molecule has 8 atom stereocenters. The van der Waals surface area contributed by atoms with Crippen molar-refractivity contribution in [1.29, 1.82) is 0 Å². The monoisotopic (exact) mass is 470 g/mol. The van der Waals surface area contributed by atoms with Crippen molar-refractivity contribution < 1.29 is 9.53 Å². The number of hydrogen-bond donors (Lipinski definition) is 0. The van der Waals surface area contributed by atoms with Crippen LogP contribution in [0.4, 0.5) is 0 Å². The summed E-state index contributed by atoms with van der Waals surface area (Å²) in [5.74, 6) is 5.67. The summed E-state index contributed by atoms with van der Waals surface area (Å²) in [5.41, 5.74) is 2.53. The molecule has 4 rings (SSSR count). The Morgan fingerprint density at radius 1 is 0.971 bits per heavy atom. The van der Waals surface area contributed by atoms with Crippen LogP contribution in [0.1, 0.15) is 126 Å². The highest BCUT2D eigenvalue weighted by Crippen LogP contribution is 2.67. The second-order valence-electron chi connectivity index (χ2n) is 14.2. The Bertz CT molecular complexity index is 750. The van der Waals surface area contributed by atoms with Crippen molar-refractivity contribution in [3.05, 3.63) is 11.6 Å². The quantitative estimate of drug-likeness (QED) is 0.261. The van der Waals surface area contributed by atoms with Crippen LogP contribution in [0, 0.1) is 52.3 Å². The van der Waals surface area contributed by atoms with Crippen LogP contribution in [0.5, 0.6) is 0 Å². The molecule has 1 unspecified atom stereocenters. The lowest BCUT2D eigenvalue weighted by Crippen LogP contribution is -2.51. The summed E-state index contributed by atoms with van der Waals surface area (Å²) in [6.07, 6.45) is 17.8. The van der Waals surface area contributed by atoms with Crippen LogP contribution in [0.3, 0.4) is 0 Å². The highest BCUT2D eigenvalue weighted by molar-refractivity contribution is 5.69. The molecular formula is C32H54O2. The molecule has 34 heavy (non-hydrogen) atoms. The van der Waals surface area contributed by atoms with Gasteiger partial charge < -0.3 is 4.74 Å². The predicted molar refractivity (Wildman–Crippen MR) is 142 cm³/mol. The van der Waals surface area contributed by atoms with E-state index in [1.54, 1.807) is 5.57 Å². The molecule has 0 aromatic rings. The van der Waals surface area contributed by atoms with Crippen LogP contribution < -0.4 is 0 Å². The molecule has 2 heteroatoms. The maximum absolute atomic E-state index is 12.3. The Kier molecular flexibility index (Phi) is 7.96. The van der Waals surface area contributed by atoms with E-state index in [0.29, 0.717) is 23.2 Å². The van der Waals surface area contributed by atoms with E-state index in [-0.39, 0.29) is 12.1 Å². The Morgan fingerprint density at radius 2 is 1.74 bits per heavy atom. The molecule has 0 aromatic carbocycles. The normalized spacial score (nSPS) is 40.4. The first-order valence-electron chi connectivity index (χ1n) is 14.9. The number of esters is 1. The second-order valence-corrected chi connectivity index (χ2v) is 14.2. The minimum Gasteiger partial charge on any atom is -0.462 e. The topological polar surface area (TPSA) is 26.3 Å². The van der Waals surface area contributed by atoms with Gasteiger partial charge in [0.2, 0.25) is 0 Å². The van der Waals surface area contributed by atoms with Gasteiger partial charge in [0.1, 0.15) is 6.10 Å². The lowest BCUT2D eigenvalue weighted by Gasteiger charge is -2.58. The highest BCUT2D eigenvalue weighted by atomic mass is 16.5. The van der Waals surface area contributed by atoms with Crippen molar-refractivity contribution in [2.24, 2.45) is 52.3 Å². The standard InChI is InChI=1S/C32H54O2/c1-21(2)9-8-10-23(5)27-13-14-28-26-12-11-24-20-25(34-30(33)19-22(3)4)15-17-31(24,6)29(26)16-18-32(27,28)7/h11,21-23,25-29H,8-10,12-20H2,1-7H3/t23-,25+,26+,27?,28+,29+,31+,32-/m1/s1. The van der Waals surface area contributed by atoms with E-state index in [0.717, 1.165) is 48.3 Å². The molecule has 0 saturated heterocycles. The molecule has 0 bridgehead atoms. The van der Waals surface area contributed by atoms with Gasteiger partial charge in [-0.1, -0.05) is 79.4 Å². The van der Waals surface area contributed by atoms with Crippen molar-refractivity contribution >= 4 is 5.97 Å². The van der Waals surface area contributed by atoms with Gasteiger partial charge in [-0.2, -0.15) is 0 Å². The molecular weight excluding hydrogens is 416 g/mol. The third-order valence-electron chi connectivity index (χ3n) is 11.1. The van der Waals surface area contributed by atoms with Crippen molar-refractivity contribution in [3.8, 4) is 0 Å². The van der Waals surface area contributed by atoms with Gasteiger partial charge in [-0.25, -0.2) is 0 Å². The zero-order valence-corrected chi connectivity index (χ0v) is 23.5. The highest BCUT2D eigenvalue weighted by Gasteiger charge is 2.59. The second kappa shape index (κ2) is 10.3. The number of allylic oxidation sites excluding steroid dienone is 1. The molecule has 4 aliphatic carbocycles. The lowest BCUT2D eigenvalue weighted by molar-refractivity contribution is -0.152. The molecule has 0 aliphatic heterocycles. The average Bonchev–Trinajstić information content (AvgIpc) is 3.10. The number of fused-ring (bicyclic) bond motifs is 5. The summed E-state index contributed by atoms with van der Waals surface area (Å²) in [5, 5.41) is 0. The van der Waals surface area contributed by atoms with Gasteiger partial charge in [-0.15, -0.1) is 0 Å². The van der Waals surface area contributed by atoms with Gasteiger partial charge in [0, 0.05) is 12.8 Å². The molecule has 0 heterocycles. The molecule has 3 saturated carbocycles. The van der Waals surface area contributed by atoms with Crippen LogP contribution >= 0.6 is 0 Å². The fourth-order valence-corrected chi connectivity index (χ4v) is 9.32. The summed E-state index contributed by atoms with van der Waals surface area (Å²) in [6.45, 7) is 16.8. The molecule has 0 spiro atoms. The summed E-state index contributed by atoms with van der Waals surface area (Å²) in [6, 6.07) is 0. The SMILES string of the molecule is CC(C)CCC[C@@H](C)C1CC[C@H]2[C@@H]3CC=C4C[C@@H](OC(=O)CC(C)C)CC[C@]4(C)[C@H]3CC[C@]12C. The van der Waals surface area contributed by atoms with Crippen molar-refractivity contribution in [2.45, 2.75) is 132 Å². The molecule has 3 fully saturated rings. The lowest BCUT2D eigenvalue weighted by atomic mass is 9.47. The number of rotatable bonds is 8. The van der Waals surface area contributed by atoms with Gasteiger partial charge >= 0.3 is 5.97 Å². The third kappa shape index (κ3) is 5.04. The van der Waals surface area contributed by atoms with Crippen LogP contribution in [-0.4, -0.2) is 12.1 Å². The third-order valence-corrected chi connectivity index (χ3v) is 11.1. The summed E-state index contributed by atoms with van der Waals surface area (Å²) < 4.78 is 5.93. The van der Waals surface area contributed by atoms with E-state index >= 15 is 0 Å². The molecule has 194 valence electrons. The minimum atomic E-state index is 0.00540. The molecule has 2 nitrogen and oxygen atoms in total. The van der Waals surface area contributed by atoms with E-state index in [9.17, 15) is 4.79 Å². The summed E-state index contributed by atoms with van der Waals surface area (Å²) >= 11 is 0. The molecule has 0 aromatic heterocycles. The van der Waals surface area contributed by atoms with Gasteiger partial charge in [-0.3, -0.25) is 4.79 Å². The van der Waals surface area contributed by atoms with E-state index in [2.05, 4.69) is 54.5 Å². The van der Waals surface area contributed by atoms with Crippen molar-refractivity contribution in [2.75, 3.05) is 0 Å². The largest absolute Gasteiger partial charge is 0.462 e. The maximum Gasteiger partial charge on any atom is 0.306 e. The van der Waals surface area contributed by atoms with Crippen LogP contribution in [0.15, 0.2) is 11.6 Å². The van der Waals surface area contributed by atoms with Crippen LogP contribution in [0.2, 0.25) is 0 Å². The van der Waals surface area contributed by atoms with Crippen molar-refractivity contribution in [1.82, 2.24) is 0 Å². The van der Waals surface area contributed by atoms with Gasteiger partial charge in [0.25, 0.3) is 0 Å². The first-order valence-corrected chi connectivity index (χ1v) is 14.9. The molecule has 0 N–H and O–H groups in total. The van der Waals surface area contributed by atoms with E-state index in [1.165, 1.54) is 57.8 Å². The molecule has 0 radical (unpaired) electrons. The number of ether oxygens (including phenoxy) is 1. The first kappa shape index (κ1) is 26.3. The van der Waals surface area contributed by atoms with Gasteiger partial charge in [-0.05, 0) is 97.2 Å². The summed E-state index contributed by atoms with van der Waals surface area (Å²) in [4.78, 5) is 12.3. The molecule has 4 aliphatic rings. The number of carbonyl (C=O) groups excluding carboxylic acids is 1. The van der Waals surface area contributed by atoms with Crippen LogP contribution in [-0.2, 0) is 9.53 Å². The first-order chi connectivity index (χ1) is 16.0. The van der Waals surface area contributed by atoms with E-state index in [1.807, 2.05) is 0 Å². The fourth-order valence-electron chi connectivity index (χ4n) is 9.32. The zero-order valence-electron chi connectivity index (χ0n) is 23.5. The fraction of sp³-hybridized carbons (Fsp3) is 0.906. The van der Waals surface area contributed by atoms with Gasteiger partial charge in [0.15, 0.2) is 0 Å². The van der Waals surface area contributed by atoms with Gasteiger partial charge in [0.05, 0.1) is 0 Å².